The molecule has 0 spiro atoms. The minimum absolute atomic E-state index is 0.204. The molecule has 1 N–H and O–H groups in total. The second-order valence-corrected chi connectivity index (χ2v) is 5.36. The Morgan fingerprint density at radius 1 is 1.35 bits per heavy atom. The van der Waals surface area contributed by atoms with Gasteiger partial charge in [-0.15, -0.1) is 0 Å². The van der Waals surface area contributed by atoms with Crippen LogP contribution in [0, 0.1) is 0 Å². The average Bonchev–Trinajstić information content (AvgIpc) is 2.76. The number of imide groups is 1. The highest BCUT2D eigenvalue weighted by Gasteiger charge is 2.55. The van der Waals surface area contributed by atoms with E-state index in [1.54, 1.807) is 6.92 Å². The molecule has 1 aliphatic rings. The van der Waals surface area contributed by atoms with Crippen LogP contribution in [-0.4, -0.2) is 40.3 Å². The maximum atomic E-state index is 11.8. The van der Waals surface area contributed by atoms with E-state index in [-0.39, 0.29) is 24.6 Å². The first kappa shape index (κ1) is 14.7. The lowest BCUT2D eigenvalue weighted by molar-refractivity contribution is -0.793. The second kappa shape index (κ2) is 5.73. The third-order valence-electron chi connectivity index (χ3n) is 4.08. The van der Waals surface area contributed by atoms with Crippen LogP contribution in [0.5, 0.6) is 0 Å². The number of nitrogens with zero attached hydrogens (tertiary/aromatic N) is 1. The van der Waals surface area contributed by atoms with Crippen LogP contribution >= 0.6 is 0 Å². The summed E-state index contributed by atoms with van der Waals surface area (Å²) in [7, 11) is 0. The van der Waals surface area contributed by atoms with Crippen LogP contribution in [0.25, 0.3) is 0 Å². The van der Waals surface area contributed by atoms with Crippen LogP contribution in [0.2, 0.25) is 0 Å². The normalized spacial score (nSPS) is 29.3. The van der Waals surface area contributed by atoms with Crippen molar-refractivity contribution in [1.82, 2.24) is 0 Å². The van der Waals surface area contributed by atoms with Gasteiger partial charge in [0, 0.05) is 6.42 Å². The first-order chi connectivity index (χ1) is 9.46. The molecule has 5 nitrogen and oxygen atoms in total. The number of benzene rings is 1. The summed E-state index contributed by atoms with van der Waals surface area (Å²) in [6.45, 7) is 3.78. The number of ether oxygens (including phenoxy) is 1. The van der Waals surface area contributed by atoms with Crippen molar-refractivity contribution in [1.29, 1.82) is 0 Å². The lowest BCUT2D eigenvalue weighted by Crippen LogP contribution is -2.58. The minimum Gasteiger partial charge on any atom is -0.435 e. The lowest BCUT2D eigenvalue weighted by Gasteiger charge is -2.28. The molecule has 1 aromatic rings. The molecule has 0 aromatic heterocycles. The van der Waals surface area contributed by atoms with Crippen LogP contribution in [0.15, 0.2) is 30.3 Å². The van der Waals surface area contributed by atoms with Crippen molar-refractivity contribution in [2.75, 3.05) is 6.54 Å². The molecular formula is C15H20NO4+. The van der Waals surface area contributed by atoms with Gasteiger partial charge in [0.15, 0.2) is 0 Å². The van der Waals surface area contributed by atoms with Crippen LogP contribution in [-0.2, 0) is 16.1 Å². The van der Waals surface area contributed by atoms with Crippen molar-refractivity contribution in [2.24, 2.45) is 0 Å². The maximum absolute atomic E-state index is 11.8. The summed E-state index contributed by atoms with van der Waals surface area (Å²) in [5.41, 5.74) is 1.04. The zero-order valence-corrected chi connectivity index (χ0v) is 11.8. The Labute approximate surface area is 118 Å². The minimum atomic E-state index is -1.09. The highest BCUT2D eigenvalue weighted by molar-refractivity contribution is 5.79. The molecule has 2 rings (SSSR count). The molecule has 0 unspecified atom stereocenters. The second-order valence-electron chi connectivity index (χ2n) is 5.36. The van der Waals surface area contributed by atoms with E-state index in [1.807, 2.05) is 30.3 Å². The Balaban J connectivity index is 2.03. The molecule has 3 atom stereocenters. The third-order valence-corrected chi connectivity index (χ3v) is 4.08. The number of quaternary nitrogens is 1. The van der Waals surface area contributed by atoms with Crippen LogP contribution in [0.4, 0.5) is 4.79 Å². The fourth-order valence-corrected chi connectivity index (χ4v) is 2.89. The van der Waals surface area contributed by atoms with Gasteiger partial charge in [-0.3, -0.25) is 0 Å². The fraction of sp³-hybridized carbons (Fsp3) is 0.467. The highest BCUT2D eigenvalue weighted by atomic mass is 16.5. The first-order valence-corrected chi connectivity index (χ1v) is 6.74. The molecule has 108 valence electrons. The van der Waals surface area contributed by atoms with Crippen molar-refractivity contribution >= 4 is 12.0 Å². The molecule has 0 bridgehead atoms. The number of amides is 2. The van der Waals surface area contributed by atoms with Crippen molar-refractivity contribution in [3.05, 3.63) is 35.9 Å². The van der Waals surface area contributed by atoms with E-state index < -0.39 is 10.6 Å². The Bertz CT molecular complexity index is 486. The van der Waals surface area contributed by atoms with E-state index in [1.165, 1.54) is 6.92 Å². The molecule has 1 heterocycles. The SMILES string of the molecule is CC(=O)[N@@+]1(C(=O)O)C[C@@H](OCc2ccccc2)C[C@H]1C. The average molecular weight is 278 g/mol. The highest BCUT2D eigenvalue weighted by Crippen LogP contribution is 2.30. The summed E-state index contributed by atoms with van der Waals surface area (Å²) in [6.07, 6.45) is -0.709. The number of rotatable bonds is 3. The van der Waals surface area contributed by atoms with Gasteiger partial charge in [0.05, 0.1) is 13.5 Å². The molecule has 0 aliphatic carbocycles. The summed E-state index contributed by atoms with van der Waals surface area (Å²) < 4.78 is 5.26. The van der Waals surface area contributed by atoms with Crippen molar-refractivity contribution < 1.29 is 23.9 Å². The molecule has 1 fully saturated rings. The zero-order chi connectivity index (χ0) is 14.8. The van der Waals surface area contributed by atoms with Gasteiger partial charge in [-0.2, -0.15) is 9.28 Å². The number of carbonyl (C=O) groups is 2. The summed E-state index contributed by atoms with van der Waals surface area (Å²) in [6, 6.07) is 9.46. The fourth-order valence-electron chi connectivity index (χ4n) is 2.89. The molecule has 0 saturated carbocycles. The van der Waals surface area contributed by atoms with Crippen molar-refractivity contribution in [2.45, 2.75) is 39.0 Å². The molecule has 1 saturated heterocycles. The smallest absolute Gasteiger partial charge is 0.435 e. The van der Waals surface area contributed by atoms with Gasteiger partial charge < -0.3 is 9.84 Å². The predicted molar refractivity (Wildman–Crippen MR) is 72.9 cm³/mol. The number of hydrogen-bond acceptors (Lipinski definition) is 3. The number of carbonyl (C=O) groups excluding carboxylic acids is 1. The van der Waals surface area contributed by atoms with Gasteiger partial charge in [0.25, 0.3) is 0 Å². The molecule has 20 heavy (non-hydrogen) atoms. The van der Waals surface area contributed by atoms with E-state index in [0.717, 1.165) is 5.56 Å². The van der Waals surface area contributed by atoms with E-state index in [4.69, 9.17) is 4.74 Å². The van der Waals surface area contributed by atoms with Gasteiger partial charge in [0.2, 0.25) is 0 Å². The van der Waals surface area contributed by atoms with E-state index in [2.05, 4.69) is 0 Å². The van der Waals surface area contributed by atoms with E-state index in [0.29, 0.717) is 13.0 Å². The van der Waals surface area contributed by atoms with Crippen molar-refractivity contribution in [3.8, 4) is 0 Å². The molecule has 5 heteroatoms. The topological polar surface area (TPSA) is 63.6 Å². The van der Waals surface area contributed by atoms with Gasteiger partial charge in [-0.1, -0.05) is 30.3 Å². The zero-order valence-electron chi connectivity index (χ0n) is 11.8. The standard InChI is InChI=1S/C15H19NO4/c1-11-8-14(9-16(11,12(2)17)15(18)19)20-10-13-6-4-3-5-7-13/h3-7,11,14H,8-10H2,1-2H3/p+1/t11-,14+,16-/m1/s1. The van der Waals surface area contributed by atoms with Crippen LogP contribution < -0.4 is 0 Å². The Hall–Kier alpha value is -1.72. The lowest BCUT2D eigenvalue weighted by atomic mass is 10.2. The van der Waals surface area contributed by atoms with Gasteiger partial charge in [-0.05, 0) is 12.5 Å². The largest absolute Gasteiger partial charge is 0.521 e. The molecule has 1 aromatic carbocycles. The summed E-state index contributed by atoms with van der Waals surface area (Å²) in [5, 5.41) is 9.40. The first-order valence-electron chi connectivity index (χ1n) is 6.74. The number of carboxylic acid groups (broad SMARTS) is 1. The Kier molecular flexibility index (Phi) is 4.20. The monoisotopic (exact) mass is 278 g/mol. The van der Waals surface area contributed by atoms with Crippen LogP contribution in [0.3, 0.4) is 0 Å². The van der Waals surface area contributed by atoms with Gasteiger partial charge in [0.1, 0.15) is 18.7 Å². The summed E-state index contributed by atoms with van der Waals surface area (Å²) in [4.78, 5) is 23.3. The van der Waals surface area contributed by atoms with E-state index in [9.17, 15) is 14.7 Å². The number of likely N-dealkylation sites (tertiary alicyclic amines) is 1. The quantitative estimate of drug-likeness (QED) is 0.862. The van der Waals surface area contributed by atoms with Crippen molar-refractivity contribution in [3.63, 3.8) is 0 Å². The Morgan fingerprint density at radius 2 is 2.00 bits per heavy atom. The third kappa shape index (κ3) is 2.59. The summed E-state index contributed by atoms with van der Waals surface area (Å²) >= 11 is 0. The van der Waals surface area contributed by atoms with Gasteiger partial charge in [-0.25, -0.2) is 4.79 Å². The van der Waals surface area contributed by atoms with E-state index >= 15 is 0 Å². The maximum Gasteiger partial charge on any atom is 0.521 e. The predicted octanol–water partition coefficient (Wildman–Crippen LogP) is 2.41. The number of hydrogen-bond donors (Lipinski definition) is 1. The molecule has 1 aliphatic heterocycles. The van der Waals surface area contributed by atoms with Gasteiger partial charge >= 0.3 is 12.0 Å². The molecule has 2 amide bonds. The molecular weight excluding hydrogens is 258 g/mol. The summed E-state index contributed by atoms with van der Waals surface area (Å²) in [5.74, 6) is -0.337. The Morgan fingerprint density at radius 3 is 2.50 bits per heavy atom. The molecule has 0 radical (unpaired) electrons. The van der Waals surface area contributed by atoms with Crippen LogP contribution in [0.1, 0.15) is 25.8 Å².